The fourth-order valence-electron chi connectivity index (χ4n) is 4.64. The van der Waals surface area contributed by atoms with Crippen molar-refractivity contribution in [3.8, 4) is 22.8 Å². The number of ether oxygens (including phenoxy) is 3. The predicted molar refractivity (Wildman–Crippen MR) is 139 cm³/mol. The van der Waals surface area contributed by atoms with E-state index in [0.29, 0.717) is 36.4 Å². The largest absolute Gasteiger partial charge is 0.487 e. The molecular weight excluding hydrogens is 510 g/mol. The summed E-state index contributed by atoms with van der Waals surface area (Å²) in [4.78, 5) is 21.9. The van der Waals surface area contributed by atoms with Crippen LogP contribution in [0.25, 0.3) is 16.8 Å². The highest BCUT2D eigenvalue weighted by molar-refractivity contribution is 5.97. The Balaban J connectivity index is 1.41. The van der Waals surface area contributed by atoms with Gasteiger partial charge in [0.1, 0.15) is 17.5 Å². The van der Waals surface area contributed by atoms with E-state index < -0.39 is 17.5 Å². The molecule has 4 heterocycles. The fourth-order valence-corrected chi connectivity index (χ4v) is 4.64. The molecule has 1 aliphatic rings. The number of anilines is 1. The third kappa shape index (κ3) is 5.60. The summed E-state index contributed by atoms with van der Waals surface area (Å²) in [6.45, 7) is 4.01. The molecule has 1 fully saturated rings. The molecule has 5 rings (SSSR count). The van der Waals surface area contributed by atoms with E-state index in [1.807, 2.05) is 6.92 Å². The number of amides is 1. The summed E-state index contributed by atoms with van der Waals surface area (Å²) in [5.41, 5.74) is 8.58. The number of fused-ring (bicyclic) bond motifs is 1. The minimum atomic E-state index is -0.834. The van der Waals surface area contributed by atoms with Gasteiger partial charge in [0.2, 0.25) is 11.8 Å². The number of nitrogen functional groups attached to an aromatic ring is 1. The van der Waals surface area contributed by atoms with Crippen molar-refractivity contribution in [2.75, 3.05) is 19.5 Å². The van der Waals surface area contributed by atoms with Gasteiger partial charge in [-0.05, 0) is 43.7 Å². The number of aryl methyl sites for hydroxylation is 1. The summed E-state index contributed by atoms with van der Waals surface area (Å²) in [7, 11) is 1.41. The first kappa shape index (κ1) is 26.3. The van der Waals surface area contributed by atoms with E-state index in [2.05, 4.69) is 20.4 Å². The lowest BCUT2D eigenvalue weighted by Gasteiger charge is -2.28. The highest BCUT2D eigenvalue weighted by atomic mass is 19.1. The minimum Gasteiger partial charge on any atom is -0.487 e. The van der Waals surface area contributed by atoms with E-state index in [1.54, 1.807) is 31.3 Å². The van der Waals surface area contributed by atoms with Gasteiger partial charge in [0.05, 0.1) is 19.8 Å². The number of methoxy groups -OCH3 is 1. The number of hydrogen-bond acceptors (Lipinski definition) is 8. The molecular formula is C27H28F2N6O4. The lowest BCUT2D eigenvalue weighted by atomic mass is 10.0. The van der Waals surface area contributed by atoms with Crippen LogP contribution in [0.4, 0.5) is 14.7 Å². The van der Waals surface area contributed by atoms with Crippen LogP contribution in [0.5, 0.6) is 11.6 Å². The van der Waals surface area contributed by atoms with E-state index in [9.17, 15) is 13.6 Å². The Kier molecular flexibility index (Phi) is 7.29. The van der Waals surface area contributed by atoms with Gasteiger partial charge in [-0.2, -0.15) is 4.98 Å². The molecule has 0 saturated carbocycles. The van der Waals surface area contributed by atoms with Gasteiger partial charge in [0.25, 0.3) is 5.91 Å². The second-order valence-corrected chi connectivity index (χ2v) is 9.37. The molecule has 4 aromatic rings. The molecule has 1 aromatic carbocycles. The number of nitrogens with zero attached hydrogens (tertiary/aromatic N) is 4. The molecule has 0 radical (unpaired) electrons. The summed E-state index contributed by atoms with van der Waals surface area (Å²) >= 11 is 0. The van der Waals surface area contributed by atoms with Gasteiger partial charge in [0, 0.05) is 48.5 Å². The number of nitrogens with one attached hydrogen (secondary N) is 1. The molecule has 1 amide bonds. The number of carbonyl (C=O) groups is 1. The molecule has 10 nitrogen and oxygen atoms in total. The maximum Gasteiger partial charge on any atom is 0.257 e. The second-order valence-electron chi connectivity index (χ2n) is 9.37. The lowest BCUT2D eigenvalue weighted by Crippen LogP contribution is -2.32. The van der Waals surface area contributed by atoms with Gasteiger partial charge in [-0.3, -0.25) is 4.79 Å². The van der Waals surface area contributed by atoms with E-state index >= 15 is 0 Å². The zero-order chi connectivity index (χ0) is 27.7. The van der Waals surface area contributed by atoms with Gasteiger partial charge >= 0.3 is 0 Å². The quantitative estimate of drug-likeness (QED) is 0.364. The summed E-state index contributed by atoms with van der Waals surface area (Å²) in [6.07, 6.45) is 2.54. The van der Waals surface area contributed by atoms with Crippen molar-refractivity contribution in [1.82, 2.24) is 24.9 Å². The van der Waals surface area contributed by atoms with Crippen molar-refractivity contribution in [3.63, 3.8) is 0 Å². The molecule has 39 heavy (non-hydrogen) atoms. The highest BCUT2D eigenvalue weighted by Gasteiger charge is 2.25. The molecule has 0 spiro atoms. The van der Waals surface area contributed by atoms with Gasteiger partial charge in [-0.25, -0.2) is 18.3 Å². The van der Waals surface area contributed by atoms with Crippen LogP contribution in [-0.2, 0) is 11.3 Å². The number of carbonyl (C=O) groups excluding carboxylic acids is 1. The Bertz CT molecular complexity index is 1540. The molecule has 3 aromatic heterocycles. The van der Waals surface area contributed by atoms with Crippen molar-refractivity contribution in [2.24, 2.45) is 0 Å². The van der Waals surface area contributed by atoms with Crippen LogP contribution in [0.1, 0.15) is 41.4 Å². The van der Waals surface area contributed by atoms with Gasteiger partial charge < -0.3 is 25.3 Å². The number of halogens is 2. The fraction of sp³-hybridized carbons (Fsp3) is 0.333. The smallest absolute Gasteiger partial charge is 0.257 e. The minimum absolute atomic E-state index is 0.0334. The van der Waals surface area contributed by atoms with Crippen molar-refractivity contribution in [2.45, 2.75) is 45.4 Å². The standard InChI is InChI=1S/C27H28F2N6O4/c1-14-8-19(5-7-38-14)39-24-17(9-18(28)11-22(24)29)13-31-25(36)21-12-20(15(2)32-26(21)37-3)16-4-6-35-23(10-16)33-27(30)34-35/h4,6,9-12,14,19H,5,7-8,13H2,1-3H3,(H2,30,34)(H,31,36). The Hall–Kier alpha value is -4.32. The van der Waals surface area contributed by atoms with Crippen LogP contribution in [0.15, 0.2) is 36.5 Å². The summed E-state index contributed by atoms with van der Waals surface area (Å²) in [5.74, 6) is -1.99. The maximum absolute atomic E-state index is 14.8. The summed E-state index contributed by atoms with van der Waals surface area (Å²) in [6, 6.07) is 7.14. The van der Waals surface area contributed by atoms with E-state index in [0.717, 1.165) is 17.7 Å². The zero-order valence-electron chi connectivity index (χ0n) is 21.7. The first-order valence-corrected chi connectivity index (χ1v) is 12.4. The van der Waals surface area contributed by atoms with Crippen LogP contribution in [0.3, 0.4) is 0 Å². The van der Waals surface area contributed by atoms with Crippen molar-refractivity contribution >= 4 is 17.5 Å². The molecule has 3 N–H and O–H groups in total. The number of aromatic nitrogens is 4. The number of rotatable bonds is 7. The van der Waals surface area contributed by atoms with Gasteiger partial charge in [0.15, 0.2) is 17.2 Å². The van der Waals surface area contributed by atoms with E-state index in [-0.39, 0.29) is 47.5 Å². The zero-order valence-corrected chi connectivity index (χ0v) is 21.7. The van der Waals surface area contributed by atoms with Gasteiger partial charge in [-0.1, -0.05) is 0 Å². The third-order valence-electron chi connectivity index (χ3n) is 6.53. The highest BCUT2D eigenvalue weighted by Crippen LogP contribution is 2.31. The van der Waals surface area contributed by atoms with Crippen molar-refractivity contribution < 1.29 is 27.8 Å². The molecule has 12 heteroatoms. The molecule has 2 atom stereocenters. The number of pyridine rings is 2. The number of benzene rings is 1. The normalized spacial score (nSPS) is 17.3. The summed E-state index contributed by atoms with van der Waals surface area (Å²) < 4.78 is 47.3. The number of nitrogens with two attached hydrogens (primary N) is 1. The van der Waals surface area contributed by atoms with Crippen molar-refractivity contribution in [1.29, 1.82) is 0 Å². The first-order chi connectivity index (χ1) is 18.7. The van der Waals surface area contributed by atoms with Crippen molar-refractivity contribution in [3.05, 3.63) is 65.0 Å². The Morgan fingerprint density at radius 2 is 2.08 bits per heavy atom. The predicted octanol–water partition coefficient (Wildman–Crippen LogP) is 3.85. The third-order valence-corrected chi connectivity index (χ3v) is 6.53. The van der Waals surface area contributed by atoms with Gasteiger partial charge in [-0.15, -0.1) is 5.10 Å². The average Bonchev–Trinajstić information content (AvgIpc) is 3.28. The average molecular weight is 539 g/mol. The maximum atomic E-state index is 14.8. The van der Waals surface area contributed by atoms with Crippen LogP contribution in [-0.4, -0.2) is 51.4 Å². The first-order valence-electron chi connectivity index (χ1n) is 12.4. The van der Waals surface area contributed by atoms with E-state index in [4.69, 9.17) is 19.9 Å². The van der Waals surface area contributed by atoms with Crippen LogP contribution in [0, 0.1) is 18.6 Å². The van der Waals surface area contributed by atoms with Crippen LogP contribution >= 0.6 is 0 Å². The molecule has 0 bridgehead atoms. The molecule has 0 aliphatic carbocycles. The molecule has 2 unspecified atom stereocenters. The van der Waals surface area contributed by atoms with Crippen LogP contribution in [0.2, 0.25) is 0 Å². The Morgan fingerprint density at radius 3 is 2.85 bits per heavy atom. The Labute approximate surface area is 223 Å². The molecule has 204 valence electrons. The lowest BCUT2D eigenvalue weighted by molar-refractivity contribution is -0.0264. The number of hydrogen-bond donors (Lipinski definition) is 2. The molecule has 1 aliphatic heterocycles. The van der Waals surface area contributed by atoms with Crippen LogP contribution < -0.4 is 20.5 Å². The Morgan fingerprint density at radius 1 is 1.26 bits per heavy atom. The van der Waals surface area contributed by atoms with E-state index in [1.165, 1.54) is 11.6 Å². The molecule has 1 saturated heterocycles. The topological polar surface area (TPSA) is 126 Å². The SMILES string of the molecule is COc1nc(C)c(-c2ccn3nc(N)nc3c2)cc1C(=O)NCc1cc(F)cc(F)c1OC1CCOC(C)C1. The second kappa shape index (κ2) is 10.8. The summed E-state index contributed by atoms with van der Waals surface area (Å²) in [5, 5.41) is 6.79. The monoisotopic (exact) mass is 538 g/mol.